The third kappa shape index (κ3) is 4.78. The summed E-state index contributed by atoms with van der Waals surface area (Å²) in [4.78, 5) is 25.6. The van der Waals surface area contributed by atoms with Crippen molar-refractivity contribution in [2.75, 3.05) is 67.7 Å². The number of nitrogens with zero attached hydrogens (tertiary/aromatic N) is 3. The average Bonchev–Trinajstić information content (AvgIpc) is 3.38. The minimum absolute atomic E-state index is 0.151. The SMILES string of the molecule is O=C(Nc1ccc(N2CCOCC2)cc1)c1ccc2nc(-c3ccc(N4CCOCC4)cc3)[nH]c2c1. The van der Waals surface area contributed by atoms with E-state index in [0.29, 0.717) is 5.56 Å². The first-order chi connectivity index (χ1) is 17.7. The predicted molar refractivity (Wildman–Crippen MR) is 142 cm³/mol. The summed E-state index contributed by atoms with van der Waals surface area (Å²) in [5.41, 5.74) is 6.34. The molecule has 2 aliphatic rings. The van der Waals surface area contributed by atoms with Gasteiger partial charge in [0.25, 0.3) is 5.91 Å². The lowest BCUT2D eigenvalue weighted by molar-refractivity contribution is 0.102. The molecule has 2 N–H and O–H groups in total. The van der Waals surface area contributed by atoms with Gasteiger partial charge in [0, 0.05) is 54.4 Å². The third-order valence-electron chi connectivity index (χ3n) is 6.76. The Hall–Kier alpha value is -3.88. The van der Waals surface area contributed by atoms with Gasteiger partial charge >= 0.3 is 0 Å². The fourth-order valence-electron chi connectivity index (χ4n) is 4.72. The van der Waals surface area contributed by atoms with Crippen molar-refractivity contribution in [1.82, 2.24) is 9.97 Å². The number of carbonyl (C=O) groups excluding carboxylic acids is 1. The molecule has 184 valence electrons. The van der Waals surface area contributed by atoms with Gasteiger partial charge < -0.3 is 29.6 Å². The highest BCUT2D eigenvalue weighted by molar-refractivity contribution is 6.06. The number of amides is 1. The maximum atomic E-state index is 12.9. The number of aromatic amines is 1. The van der Waals surface area contributed by atoms with E-state index < -0.39 is 0 Å². The number of hydrogen-bond donors (Lipinski definition) is 2. The highest BCUT2D eigenvalue weighted by atomic mass is 16.5. The van der Waals surface area contributed by atoms with Gasteiger partial charge in [0.15, 0.2) is 0 Å². The van der Waals surface area contributed by atoms with E-state index in [-0.39, 0.29) is 5.91 Å². The van der Waals surface area contributed by atoms with Crippen LogP contribution in [0.5, 0.6) is 0 Å². The van der Waals surface area contributed by atoms with Crippen molar-refractivity contribution in [2.24, 2.45) is 0 Å². The molecule has 0 bridgehead atoms. The quantitative estimate of drug-likeness (QED) is 0.444. The zero-order valence-electron chi connectivity index (χ0n) is 20.1. The smallest absolute Gasteiger partial charge is 0.255 e. The van der Waals surface area contributed by atoms with Crippen molar-refractivity contribution >= 4 is 34.0 Å². The van der Waals surface area contributed by atoms with Crippen LogP contribution in [0.15, 0.2) is 66.7 Å². The van der Waals surface area contributed by atoms with Crippen LogP contribution in [0.1, 0.15) is 10.4 Å². The second kappa shape index (κ2) is 10.0. The van der Waals surface area contributed by atoms with Crippen LogP contribution in [-0.2, 0) is 9.47 Å². The van der Waals surface area contributed by atoms with Crippen LogP contribution in [0.4, 0.5) is 17.1 Å². The maximum Gasteiger partial charge on any atom is 0.255 e. The number of anilines is 3. The molecule has 0 radical (unpaired) electrons. The molecule has 0 spiro atoms. The molecule has 1 amide bonds. The monoisotopic (exact) mass is 483 g/mol. The van der Waals surface area contributed by atoms with Gasteiger partial charge in [-0.15, -0.1) is 0 Å². The average molecular weight is 484 g/mol. The number of fused-ring (bicyclic) bond motifs is 1. The first kappa shape index (κ1) is 22.6. The van der Waals surface area contributed by atoms with Gasteiger partial charge in [0.1, 0.15) is 5.82 Å². The first-order valence-corrected chi connectivity index (χ1v) is 12.4. The Kier molecular flexibility index (Phi) is 6.27. The van der Waals surface area contributed by atoms with Crippen LogP contribution in [0, 0.1) is 0 Å². The second-order valence-corrected chi connectivity index (χ2v) is 9.06. The third-order valence-corrected chi connectivity index (χ3v) is 6.76. The predicted octanol–water partition coefficient (Wildman–Crippen LogP) is 4.16. The normalized spacial score (nSPS) is 16.3. The zero-order chi connectivity index (χ0) is 24.3. The lowest BCUT2D eigenvalue weighted by atomic mass is 10.1. The molecule has 2 saturated heterocycles. The van der Waals surface area contributed by atoms with E-state index >= 15 is 0 Å². The first-order valence-electron chi connectivity index (χ1n) is 12.4. The molecule has 0 unspecified atom stereocenters. The summed E-state index contributed by atoms with van der Waals surface area (Å²) < 4.78 is 10.9. The van der Waals surface area contributed by atoms with Gasteiger partial charge in [0.05, 0.1) is 37.5 Å². The van der Waals surface area contributed by atoms with Crippen LogP contribution < -0.4 is 15.1 Å². The number of imidazole rings is 1. The molecule has 1 aromatic heterocycles. The van der Waals surface area contributed by atoms with E-state index in [4.69, 9.17) is 14.5 Å². The van der Waals surface area contributed by atoms with E-state index in [2.05, 4.69) is 44.4 Å². The second-order valence-electron chi connectivity index (χ2n) is 9.06. The maximum absolute atomic E-state index is 12.9. The molecular formula is C28H29N5O3. The molecule has 0 atom stereocenters. The van der Waals surface area contributed by atoms with E-state index in [0.717, 1.165) is 86.4 Å². The summed E-state index contributed by atoms with van der Waals surface area (Å²) in [6, 6.07) is 21.9. The van der Waals surface area contributed by atoms with Crippen LogP contribution in [0.3, 0.4) is 0 Å². The van der Waals surface area contributed by atoms with Gasteiger partial charge in [-0.05, 0) is 66.7 Å². The van der Waals surface area contributed by atoms with Crippen LogP contribution >= 0.6 is 0 Å². The van der Waals surface area contributed by atoms with Gasteiger partial charge in [-0.25, -0.2) is 4.98 Å². The summed E-state index contributed by atoms with van der Waals surface area (Å²) in [7, 11) is 0. The molecule has 8 nitrogen and oxygen atoms in total. The van der Waals surface area contributed by atoms with Crippen molar-refractivity contribution in [3.63, 3.8) is 0 Å². The molecule has 0 aliphatic carbocycles. The Morgan fingerprint density at radius 2 is 1.36 bits per heavy atom. The lowest BCUT2D eigenvalue weighted by Gasteiger charge is -2.28. The Morgan fingerprint density at radius 1 is 0.778 bits per heavy atom. The van der Waals surface area contributed by atoms with Crippen molar-refractivity contribution in [3.05, 3.63) is 72.3 Å². The molecule has 36 heavy (non-hydrogen) atoms. The number of rotatable bonds is 5. The minimum atomic E-state index is -0.151. The topological polar surface area (TPSA) is 82.7 Å². The number of aromatic nitrogens is 2. The van der Waals surface area contributed by atoms with Gasteiger partial charge in [-0.3, -0.25) is 4.79 Å². The van der Waals surface area contributed by atoms with Gasteiger partial charge in [-0.2, -0.15) is 0 Å². The Morgan fingerprint density at radius 3 is 1.97 bits per heavy atom. The zero-order valence-corrected chi connectivity index (χ0v) is 20.1. The molecule has 8 heteroatoms. The van der Waals surface area contributed by atoms with Crippen molar-refractivity contribution in [3.8, 4) is 11.4 Å². The molecule has 2 fully saturated rings. The van der Waals surface area contributed by atoms with Gasteiger partial charge in [-0.1, -0.05) is 0 Å². The van der Waals surface area contributed by atoms with Crippen LogP contribution in [-0.4, -0.2) is 68.5 Å². The molecular weight excluding hydrogens is 454 g/mol. The highest BCUT2D eigenvalue weighted by Gasteiger charge is 2.14. The van der Waals surface area contributed by atoms with Crippen molar-refractivity contribution in [1.29, 1.82) is 0 Å². The Labute approximate surface area is 209 Å². The summed E-state index contributed by atoms with van der Waals surface area (Å²) in [6.45, 7) is 6.61. The molecule has 2 aliphatic heterocycles. The summed E-state index contributed by atoms with van der Waals surface area (Å²) in [5.74, 6) is 0.636. The number of ether oxygens (including phenoxy) is 2. The molecule has 0 saturated carbocycles. The molecule has 3 aromatic carbocycles. The van der Waals surface area contributed by atoms with E-state index in [1.165, 1.54) is 5.69 Å². The number of benzene rings is 3. The number of H-pyrrole nitrogens is 1. The van der Waals surface area contributed by atoms with Crippen LogP contribution in [0.25, 0.3) is 22.4 Å². The van der Waals surface area contributed by atoms with Crippen LogP contribution in [0.2, 0.25) is 0 Å². The van der Waals surface area contributed by atoms with Crippen molar-refractivity contribution < 1.29 is 14.3 Å². The highest BCUT2D eigenvalue weighted by Crippen LogP contribution is 2.25. The summed E-state index contributed by atoms with van der Waals surface area (Å²) in [6.07, 6.45) is 0. The molecule has 4 aromatic rings. The number of hydrogen-bond acceptors (Lipinski definition) is 6. The number of morpholine rings is 2. The number of carbonyl (C=O) groups is 1. The lowest BCUT2D eigenvalue weighted by Crippen LogP contribution is -2.36. The fraction of sp³-hybridized carbons (Fsp3) is 0.286. The summed E-state index contributed by atoms with van der Waals surface area (Å²) >= 11 is 0. The standard InChI is InChI=1S/C28H29N5O3/c34-28(29-22-4-8-24(9-5-22)33-13-17-36-18-14-33)21-3-10-25-26(19-21)31-27(30-25)20-1-6-23(7-2-20)32-11-15-35-16-12-32/h1-10,19H,11-18H2,(H,29,34)(H,30,31). The van der Waals surface area contributed by atoms with Crippen molar-refractivity contribution in [2.45, 2.75) is 0 Å². The molecule has 6 rings (SSSR count). The largest absolute Gasteiger partial charge is 0.378 e. The van der Waals surface area contributed by atoms with E-state index in [1.54, 1.807) is 0 Å². The molecule has 3 heterocycles. The van der Waals surface area contributed by atoms with E-state index in [9.17, 15) is 4.79 Å². The Balaban J connectivity index is 1.15. The van der Waals surface area contributed by atoms with E-state index in [1.807, 2.05) is 42.5 Å². The Bertz CT molecular complexity index is 1340. The fourth-order valence-corrected chi connectivity index (χ4v) is 4.72. The van der Waals surface area contributed by atoms with Gasteiger partial charge in [0.2, 0.25) is 0 Å². The minimum Gasteiger partial charge on any atom is -0.378 e. The number of nitrogens with one attached hydrogen (secondary N) is 2. The summed E-state index contributed by atoms with van der Waals surface area (Å²) in [5, 5.41) is 3.00.